The Morgan fingerprint density at radius 1 is 1.33 bits per heavy atom. The molecule has 0 spiro atoms. The molecule has 5 heteroatoms. The average Bonchev–Trinajstić information content (AvgIpc) is 2.82. The number of aryl methyl sites for hydroxylation is 1. The molecule has 0 amide bonds. The molecular formula is C16H23BrClN3. The molecule has 0 N–H and O–H groups in total. The number of halogens is 2. The summed E-state index contributed by atoms with van der Waals surface area (Å²) in [7, 11) is 0. The van der Waals surface area contributed by atoms with Crippen LogP contribution in [0.5, 0.6) is 0 Å². The van der Waals surface area contributed by atoms with Gasteiger partial charge in [0.25, 0.3) is 0 Å². The van der Waals surface area contributed by atoms with Crippen molar-refractivity contribution in [1.29, 1.82) is 0 Å². The van der Waals surface area contributed by atoms with Gasteiger partial charge in [0.2, 0.25) is 0 Å². The predicted octanol–water partition coefficient (Wildman–Crippen LogP) is 4.48. The van der Waals surface area contributed by atoms with Crippen LogP contribution in [0, 0.1) is 0 Å². The molecule has 2 rings (SSSR count). The quantitative estimate of drug-likeness (QED) is 0.668. The molecule has 0 radical (unpaired) electrons. The maximum Gasteiger partial charge on any atom is 0.111 e. The van der Waals surface area contributed by atoms with Crippen molar-refractivity contribution in [3.63, 3.8) is 0 Å². The van der Waals surface area contributed by atoms with E-state index >= 15 is 0 Å². The highest BCUT2D eigenvalue weighted by atomic mass is 79.9. The van der Waals surface area contributed by atoms with Gasteiger partial charge in [-0.15, -0.1) is 11.6 Å². The number of fused-ring (bicyclic) bond motifs is 1. The van der Waals surface area contributed by atoms with Gasteiger partial charge in [0, 0.05) is 29.4 Å². The van der Waals surface area contributed by atoms with Crippen molar-refractivity contribution in [2.45, 2.75) is 33.2 Å². The molecule has 0 aliphatic rings. The van der Waals surface area contributed by atoms with Crippen LogP contribution in [-0.2, 0) is 6.42 Å². The zero-order valence-electron chi connectivity index (χ0n) is 12.9. The van der Waals surface area contributed by atoms with Gasteiger partial charge in [0.05, 0.1) is 11.0 Å². The first-order valence-electron chi connectivity index (χ1n) is 7.55. The predicted molar refractivity (Wildman–Crippen MR) is 94.4 cm³/mol. The summed E-state index contributed by atoms with van der Waals surface area (Å²) in [5.74, 6) is 1.68. The molecule has 1 aromatic heterocycles. The van der Waals surface area contributed by atoms with Crippen LogP contribution in [0.3, 0.4) is 0 Å². The van der Waals surface area contributed by atoms with Crippen LogP contribution in [-0.4, -0.2) is 40.0 Å². The number of alkyl halides is 1. The van der Waals surface area contributed by atoms with E-state index in [1.807, 2.05) is 0 Å². The van der Waals surface area contributed by atoms with Crippen LogP contribution in [0.15, 0.2) is 22.7 Å². The first kappa shape index (κ1) is 16.8. The molecule has 1 atom stereocenters. The number of benzene rings is 1. The molecule has 0 fully saturated rings. The van der Waals surface area contributed by atoms with Crippen LogP contribution in [0.4, 0.5) is 0 Å². The molecule has 21 heavy (non-hydrogen) atoms. The fraction of sp³-hybridized carbons (Fsp3) is 0.562. The second kappa shape index (κ2) is 7.61. The van der Waals surface area contributed by atoms with E-state index in [9.17, 15) is 0 Å². The lowest BCUT2D eigenvalue weighted by molar-refractivity contribution is 0.261. The molecular weight excluding hydrogens is 350 g/mol. The summed E-state index contributed by atoms with van der Waals surface area (Å²) < 4.78 is 3.41. The number of hydrogen-bond donors (Lipinski definition) is 0. The Bertz CT molecular complexity index is 592. The van der Waals surface area contributed by atoms with Gasteiger partial charge in [0.1, 0.15) is 5.82 Å². The lowest BCUT2D eigenvalue weighted by Crippen LogP contribution is -2.30. The largest absolute Gasteiger partial charge is 0.324 e. The van der Waals surface area contributed by atoms with Crippen LogP contribution < -0.4 is 0 Å². The lowest BCUT2D eigenvalue weighted by atomic mass is 10.2. The number of aromatic nitrogens is 2. The fourth-order valence-corrected chi connectivity index (χ4v) is 3.33. The van der Waals surface area contributed by atoms with E-state index in [0.717, 1.165) is 41.9 Å². The highest BCUT2D eigenvalue weighted by Gasteiger charge is 2.17. The number of rotatable bonds is 7. The maximum absolute atomic E-state index is 5.96. The minimum atomic E-state index is 0.384. The van der Waals surface area contributed by atoms with E-state index < -0.39 is 0 Å². The Balaban J connectivity index is 2.41. The van der Waals surface area contributed by atoms with Crippen molar-refractivity contribution in [1.82, 2.24) is 14.5 Å². The van der Waals surface area contributed by atoms with Crippen molar-refractivity contribution >= 4 is 38.6 Å². The second-order valence-electron chi connectivity index (χ2n) is 5.30. The number of nitrogens with zero attached hydrogens (tertiary/aromatic N) is 3. The van der Waals surface area contributed by atoms with E-state index in [0.29, 0.717) is 11.9 Å². The van der Waals surface area contributed by atoms with E-state index in [4.69, 9.17) is 16.6 Å². The van der Waals surface area contributed by atoms with Gasteiger partial charge in [-0.05, 0) is 38.2 Å². The van der Waals surface area contributed by atoms with E-state index in [1.165, 1.54) is 5.52 Å². The van der Waals surface area contributed by atoms with E-state index in [2.05, 4.69) is 64.4 Å². The van der Waals surface area contributed by atoms with Gasteiger partial charge in [-0.1, -0.05) is 29.8 Å². The minimum Gasteiger partial charge on any atom is -0.324 e. The summed E-state index contributed by atoms with van der Waals surface area (Å²) in [6.07, 6.45) is 0.802. The Kier molecular flexibility index (Phi) is 6.08. The van der Waals surface area contributed by atoms with Crippen molar-refractivity contribution in [3.05, 3.63) is 28.5 Å². The summed E-state index contributed by atoms with van der Waals surface area (Å²) in [5, 5.41) is 0. The summed E-state index contributed by atoms with van der Waals surface area (Å²) in [6, 6.07) is 6.68. The van der Waals surface area contributed by atoms with Gasteiger partial charge in [0.15, 0.2) is 0 Å². The molecule has 116 valence electrons. The van der Waals surface area contributed by atoms with Gasteiger partial charge in [-0.25, -0.2) is 4.98 Å². The average molecular weight is 373 g/mol. The Morgan fingerprint density at radius 3 is 2.67 bits per heavy atom. The Morgan fingerprint density at radius 2 is 2.05 bits per heavy atom. The minimum absolute atomic E-state index is 0.384. The third-order valence-electron chi connectivity index (χ3n) is 3.90. The third kappa shape index (κ3) is 3.79. The van der Waals surface area contributed by atoms with Crippen molar-refractivity contribution in [3.8, 4) is 0 Å². The molecule has 2 aromatic rings. The number of imidazole rings is 1. The smallest absolute Gasteiger partial charge is 0.111 e. The number of hydrogen-bond acceptors (Lipinski definition) is 2. The zero-order valence-corrected chi connectivity index (χ0v) is 15.3. The molecule has 0 aliphatic heterocycles. The molecule has 0 bridgehead atoms. The van der Waals surface area contributed by atoms with Gasteiger partial charge < -0.3 is 9.47 Å². The van der Waals surface area contributed by atoms with E-state index in [1.54, 1.807) is 0 Å². The molecule has 0 saturated carbocycles. The summed E-state index contributed by atoms with van der Waals surface area (Å²) >= 11 is 9.48. The standard InChI is InChI=1S/C16H23BrClN3/c1-4-20(5-2)11-12(3)21-15-7-6-13(17)10-14(15)19-16(21)8-9-18/h6-7,10,12H,4-5,8-9,11H2,1-3H3. The topological polar surface area (TPSA) is 21.1 Å². The monoisotopic (exact) mass is 371 g/mol. The first-order chi connectivity index (χ1) is 10.1. The maximum atomic E-state index is 5.96. The van der Waals surface area contributed by atoms with Gasteiger partial charge >= 0.3 is 0 Å². The highest BCUT2D eigenvalue weighted by molar-refractivity contribution is 9.10. The Hall–Kier alpha value is -0.580. The zero-order chi connectivity index (χ0) is 15.4. The molecule has 0 aliphatic carbocycles. The molecule has 1 aromatic carbocycles. The SMILES string of the molecule is CCN(CC)CC(C)n1c(CCCl)nc2cc(Br)ccc21. The Labute approximate surface area is 140 Å². The fourth-order valence-electron chi connectivity index (χ4n) is 2.81. The van der Waals surface area contributed by atoms with Gasteiger partial charge in [-0.3, -0.25) is 0 Å². The normalized spacial score (nSPS) is 13.2. The molecule has 1 unspecified atom stereocenters. The molecule has 3 nitrogen and oxygen atoms in total. The summed E-state index contributed by atoms with van der Waals surface area (Å²) in [4.78, 5) is 7.22. The summed E-state index contributed by atoms with van der Waals surface area (Å²) in [5.41, 5.74) is 2.23. The lowest BCUT2D eigenvalue weighted by Gasteiger charge is -2.25. The van der Waals surface area contributed by atoms with Crippen LogP contribution >= 0.6 is 27.5 Å². The van der Waals surface area contributed by atoms with Gasteiger partial charge in [-0.2, -0.15) is 0 Å². The van der Waals surface area contributed by atoms with Crippen LogP contribution in [0.2, 0.25) is 0 Å². The first-order valence-corrected chi connectivity index (χ1v) is 8.88. The van der Waals surface area contributed by atoms with Crippen LogP contribution in [0.25, 0.3) is 11.0 Å². The summed E-state index contributed by atoms with van der Waals surface area (Å²) in [6.45, 7) is 9.86. The second-order valence-corrected chi connectivity index (χ2v) is 6.60. The van der Waals surface area contributed by atoms with Crippen molar-refractivity contribution in [2.24, 2.45) is 0 Å². The highest BCUT2D eigenvalue weighted by Crippen LogP contribution is 2.25. The molecule has 1 heterocycles. The van der Waals surface area contributed by atoms with Crippen molar-refractivity contribution in [2.75, 3.05) is 25.5 Å². The molecule has 0 saturated heterocycles. The van der Waals surface area contributed by atoms with Crippen LogP contribution in [0.1, 0.15) is 32.6 Å². The van der Waals surface area contributed by atoms with E-state index in [-0.39, 0.29) is 0 Å². The van der Waals surface area contributed by atoms with Crippen molar-refractivity contribution < 1.29 is 0 Å². The number of likely N-dealkylation sites (N-methyl/N-ethyl adjacent to an activating group) is 1. The third-order valence-corrected chi connectivity index (χ3v) is 4.58.